The van der Waals surface area contributed by atoms with Gasteiger partial charge in [-0.3, -0.25) is 0 Å². The van der Waals surface area contributed by atoms with E-state index in [0.29, 0.717) is 24.3 Å². The highest BCUT2D eigenvalue weighted by atomic mass is 16.8. The Hall–Kier alpha value is -2.00. The Bertz CT molecular complexity index is 648. The summed E-state index contributed by atoms with van der Waals surface area (Å²) in [7, 11) is 0. The van der Waals surface area contributed by atoms with E-state index in [9.17, 15) is 9.59 Å². The number of carbonyl (C=O) groups excluding carboxylic acids is 2. The minimum Gasteiger partial charge on any atom is -0.459 e. The topological polar surface area (TPSA) is 89.5 Å². The van der Waals surface area contributed by atoms with Crippen LogP contribution in [-0.2, 0) is 28.4 Å². The molecule has 0 radical (unpaired) electrons. The highest BCUT2D eigenvalue weighted by Crippen LogP contribution is 2.23. The lowest BCUT2D eigenvalue weighted by atomic mass is 10.1. The van der Waals surface area contributed by atoms with E-state index >= 15 is 0 Å². The van der Waals surface area contributed by atoms with Crippen molar-refractivity contribution in [1.29, 1.82) is 0 Å². The quantitative estimate of drug-likeness (QED) is 0.679. The summed E-state index contributed by atoms with van der Waals surface area (Å²) >= 11 is 0. The van der Waals surface area contributed by atoms with Gasteiger partial charge in [0, 0.05) is 0 Å². The summed E-state index contributed by atoms with van der Waals surface area (Å²) in [5, 5.41) is 0. The van der Waals surface area contributed by atoms with Crippen LogP contribution in [0.3, 0.4) is 0 Å². The van der Waals surface area contributed by atoms with Crippen molar-refractivity contribution < 1.29 is 38.0 Å². The van der Waals surface area contributed by atoms with Crippen molar-refractivity contribution in [1.82, 2.24) is 0 Å². The average Bonchev–Trinajstić information content (AvgIpc) is 3.18. The summed E-state index contributed by atoms with van der Waals surface area (Å²) in [4.78, 5) is 24.3. The van der Waals surface area contributed by atoms with Gasteiger partial charge in [0.15, 0.2) is 11.6 Å². The van der Waals surface area contributed by atoms with Gasteiger partial charge in [-0.05, 0) is 52.0 Å². The third-order valence-corrected chi connectivity index (χ3v) is 4.29. The largest absolute Gasteiger partial charge is 0.459 e. The summed E-state index contributed by atoms with van der Waals surface area (Å²) < 4.78 is 32.5. The van der Waals surface area contributed by atoms with Gasteiger partial charge in [-0.25, -0.2) is 9.59 Å². The fourth-order valence-corrected chi connectivity index (χ4v) is 2.94. The number of hydrogen-bond donors (Lipinski definition) is 0. The van der Waals surface area contributed by atoms with Gasteiger partial charge in [-0.2, -0.15) is 0 Å². The molecule has 3 rings (SSSR count). The number of benzene rings is 1. The molecule has 0 amide bonds. The van der Waals surface area contributed by atoms with E-state index in [4.69, 9.17) is 28.4 Å². The number of carbonyl (C=O) groups is 2. The molecule has 154 valence electrons. The Morgan fingerprint density at radius 2 is 1.18 bits per heavy atom. The normalized spacial score (nSPS) is 25.4. The third-order valence-electron chi connectivity index (χ3n) is 4.29. The monoisotopic (exact) mass is 394 g/mol. The molecule has 8 nitrogen and oxygen atoms in total. The lowest BCUT2D eigenvalue weighted by molar-refractivity contribution is -0.143. The molecule has 2 atom stereocenters. The molecule has 0 unspecified atom stereocenters. The molecule has 2 aliphatic rings. The number of ether oxygens (including phenoxy) is 6. The Morgan fingerprint density at radius 1 is 0.821 bits per heavy atom. The first-order valence-corrected chi connectivity index (χ1v) is 9.21. The Labute approximate surface area is 164 Å². The van der Waals surface area contributed by atoms with Crippen molar-refractivity contribution in [2.75, 3.05) is 26.4 Å². The highest BCUT2D eigenvalue weighted by molar-refractivity contribution is 5.93. The molecule has 0 N–H and O–H groups in total. The molecule has 0 bridgehead atoms. The molecule has 8 heteroatoms. The lowest BCUT2D eigenvalue weighted by Crippen LogP contribution is -2.25. The predicted molar refractivity (Wildman–Crippen MR) is 96.8 cm³/mol. The molecule has 1 aromatic rings. The minimum atomic E-state index is -0.662. The Kier molecular flexibility index (Phi) is 6.04. The van der Waals surface area contributed by atoms with E-state index in [1.54, 1.807) is 27.7 Å². The van der Waals surface area contributed by atoms with Gasteiger partial charge in [-0.1, -0.05) is 0 Å². The predicted octanol–water partition coefficient (Wildman–Crippen LogP) is 2.30. The maximum atomic E-state index is 12.1. The molecule has 2 heterocycles. The molecular formula is C20H26O8. The zero-order valence-corrected chi connectivity index (χ0v) is 16.6. The number of esters is 2. The maximum absolute atomic E-state index is 12.1. The van der Waals surface area contributed by atoms with Gasteiger partial charge in [0.25, 0.3) is 0 Å². The van der Waals surface area contributed by atoms with Gasteiger partial charge in [0.05, 0.1) is 24.3 Å². The van der Waals surface area contributed by atoms with Crippen LogP contribution < -0.4 is 0 Å². The first-order valence-electron chi connectivity index (χ1n) is 9.21. The highest BCUT2D eigenvalue weighted by Gasteiger charge is 2.34. The third kappa shape index (κ3) is 5.51. The molecular weight excluding hydrogens is 368 g/mol. The Balaban J connectivity index is 1.45. The average molecular weight is 394 g/mol. The Morgan fingerprint density at radius 3 is 1.46 bits per heavy atom. The minimum absolute atomic E-state index is 0.103. The zero-order chi connectivity index (χ0) is 20.4. The molecule has 0 aromatic heterocycles. The fraction of sp³-hybridized carbons (Fsp3) is 0.600. The van der Waals surface area contributed by atoms with E-state index in [-0.39, 0.29) is 25.4 Å². The molecule has 1 aromatic carbocycles. The number of hydrogen-bond acceptors (Lipinski definition) is 8. The van der Waals surface area contributed by atoms with E-state index in [2.05, 4.69) is 0 Å². The van der Waals surface area contributed by atoms with Crippen molar-refractivity contribution >= 4 is 11.9 Å². The lowest BCUT2D eigenvalue weighted by Gasteiger charge is -2.17. The van der Waals surface area contributed by atoms with Gasteiger partial charge < -0.3 is 28.4 Å². The van der Waals surface area contributed by atoms with Crippen LogP contribution in [0.5, 0.6) is 0 Å². The second kappa shape index (κ2) is 8.16. The summed E-state index contributed by atoms with van der Waals surface area (Å²) in [5.41, 5.74) is 0.674. The molecule has 0 aliphatic carbocycles. The molecule has 2 fully saturated rings. The van der Waals surface area contributed by atoms with Crippen molar-refractivity contribution in [2.45, 2.75) is 51.5 Å². The molecule has 0 spiro atoms. The van der Waals surface area contributed by atoms with Crippen LogP contribution in [0, 0.1) is 0 Å². The van der Waals surface area contributed by atoms with Crippen LogP contribution in [0.2, 0.25) is 0 Å². The van der Waals surface area contributed by atoms with Crippen LogP contribution in [0.1, 0.15) is 48.4 Å². The zero-order valence-electron chi connectivity index (χ0n) is 16.6. The van der Waals surface area contributed by atoms with Gasteiger partial charge in [0.2, 0.25) is 0 Å². The standard InChI is InChI=1S/C20H26O8/c1-19(2)25-11-15(27-19)9-23-17(21)13-5-7-14(8-6-13)18(22)24-10-16-12-26-20(3,4)28-16/h5-8,15-16H,9-12H2,1-4H3/t15-,16-/m1/s1. The van der Waals surface area contributed by atoms with Crippen LogP contribution >= 0.6 is 0 Å². The molecule has 2 aliphatic heterocycles. The SMILES string of the molecule is CC1(C)OC[C@@H](COC(=O)c2ccc(C(=O)OC[C@@H]3COC(C)(C)O3)cc2)O1. The van der Waals surface area contributed by atoms with Crippen molar-refractivity contribution in [3.05, 3.63) is 35.4 Å². The van der Waals surface area contributed by atoms with Gasteiger partial charge >= 0.3 is 11.9 Å². The van der Waals surface area contributed by atoms with E-state index in [1.807, 2.05) is 0 Å². The first-order chi connectivity index (χ1) is 13.1. The van der Waals surface area contributed by atoms with E-state index in [0.717, 1.165) is 0 Å². The summed E-state index contributed by atoms with van der Waals surface area (Å²) in [6.45, 7) is 8.17. The van der Waals surface area contributed by atoms with Gasteiger partial charge in [-0.15, -0.1) is 0 Å². The van der Waals surface area contributed by atoms with Crippen LogP contribution in [-0.4, -0.2) is 62.1 Å². The second-order valence-electron chi connectivity index (χ2n) is 7.68. The smallest absolute Gasteiger partial charge is 0.338 e. The number of rotatable bonds is 6. The molecule has 28 heavy (non-hydrogen) atoms. The molecule has 2 saturated heterocycles. The van der Waals surface area contributed by atoms with Crippen LogP contribution in [0.25, 0.3) is 0 Å². The second-order valence-corrected chi connectivity index (χ2v) is 7.68. The summed E-state index contributed by atoms with van der Waals surface area (Å²) in [6, 6.07) is 6.08. The fourth-order valence-electron chi connectivity index (χ4n) is 2.94. The maximum Gasteiger partial charge on any atom is 0.338 e. The van der Waals surface area contributed by atoms with Crippen molar-refractivity contribution in [3.8, 4) is 0 Å². The first kappa shape index (κ1) is 20.7. The van der Waals surface area contributed by atoms with Crippen molar-refractivity contribution in [2.24, 2.45) is 0 Å². The summed E-state index contributed by atoms with van der Waals surface area (Å²) in [6.07, 6.45) is -0.583. The van der Waals surface area contributed by atoms with Crippen LogP contribution in [0.15, 0.2) is 24.3 Å². The van der Waals surface area contributed by atoms with Crippen LogP contribution in [0.4, 0.5) is 0 Å². The van der Waals surface area contributed by atoms with Crippen molar-refractivity contribution in [3.63, 3.8) is 0 Å². The summed E-state index contributed by atoms with van der Waals surface area (Å²) in [5.74, 6) is -2.31. The van der Waals surface area contributed by atoms with Gasteiger partial charge in [0.1, 0.15) is 25.4 Å². The van der Waals surface area contributed by atoms with E-state index < -0.39 is 23.5 Å². The van der Waals surface area contributed by atoms with E-state index in [1.165, 1.54) is 24.3 Å². The molecule has 0 saturated carbocycles.